The smallest absolute Gasteiger partial charge is 0.291 e. The van der Waals surface area contributed by atoms with Crippen LogP contribution in [0, 0.1) is 6.92 Å². The molecule has 3 heteroatoms. The van der Waals surface area contributed by atoms with E-state index in [1.54, 1.807) is 0 Å². The predicted octanol–water partition coefficient (Wildman–Crippen LogP) is 4.07. The van der Waals surface area contributed by atoms with Crippen molar-refractivity contribution >= 4 is 5.91 Å². The van der Waals surface area contributed by atoms with Gasteiger partial charge in [-0.1, -0.05) is 66.7 Å². The summed E-state index contributed by atoms with van der Waals surface area (Å²) in [6.45, 7) is 5.21. The normalized spacial score (nSPS) is 11.8. The van der Waals surface area contributed by atoms with Crippen LogP contribution in [0.2, 0.25) is 0 Å². The predicted molar refractivity (Wildman–Crippen MR) is 103 cm³/mol. The number of nitrogens with zero attached hydrogens (tertiary/aromatic N) is 2. The lowest BCUT2D eigenvalue weighted by Gasteiger charge is -2.24. The maximum absolute atomic E-state index is 13.3. The van der Waals surface area contributed by atoms with E-state index in [9.17, 15) is 4.79 Å². The molecule has 0 spiro atoms. The maximum atomic E-state index is 13.3. The first-order valence-electron chi connectivity index (χ1n) is 8.98. The van der Waals surface area contributed by atoms with Gasteiger partial charge >= 0.3 is 0 Å². The van der Waals surface area contributed by atoms with Gasteiger partial charge in [-0.05, 0) is 11.1 Å². The molecule has 1 aromatic heterocycles. The molecule has 1 heterocycles. The Morgan fingerprint density at radius 2 is 1.35 bits per heavy atom. The van der Waals surface area contributed by atoms with Crippen molar-refractivity contribution in [3.63, 3.8) is 0 Å². The molecule has 0 radical (unpaired) electrons. The molecule has 0 aliphatic heterocycles. The first kappa shape index (κ1) is 17.9. The molecule has 1 amide bonds. The highest BCUT2D eigenvalue weighted by atomic mass is 16.2. The first-order chi connectivity index (χ1) is 12.6. The van der Waals surface area contributed by atoms with Gasteiger partial charge in [-0.2, -0.15) is 4.57 Å². The number of benzene rings is 2. The number of aryl methyl sites for hydroxylation is 1. The largest absolute Gasteiger partial charge is 0.328 e. The third-order valence-electron chi connectivity index (χ3n) is 4.62. The van der Waals surface area contributed by atoms with Crippen molar-refractivity contribution in [2.24, 2.45) is 0 Å². The van der Waals surface area contributed by atoms with E-state index in [0.29, 0.717) is 13.1 Å². The summed E-state index contributed by atoms with van der Waals surface area (Å²) in [6.07, 6.45) is 1.97. The summed E-state index contributed by atoms with van der Waals surface area (Å²) in [6, 6.07) is 26.1. The van der Waals surface area contributed by atoms with Gasteiger partial charge in [0.1, 0.15) is 0 Å². The van der Waals surface area contributed by atoms with E-state index in [0.717, 1.165) is 16.8 Å². The van der Waals surface area contributed by atoms with Gasteiger partial charge in [0.05, 0.1) is 0 Å². The highest BCUT2D eigenvalue weighted by molar-refractivity contribution is 5.78. The van der Waals surface area contributed by atoms with Crippen molar-refractivity contribution < 1.29 is 9.36 Å². The molecule has 3 rings (SSSR count). The Kier molecular flexibility index (Phi) is 5.80. The van der Waals surface area contributed by atoms with Crippen LogP contribution >= 0.6 is 0 Å². The molecule has 2 aromatic carbocycles. The van der Waals surface area contributed by atoms with Crippen LogP contribution in [0.3, 0.4) is 0 Å². The Labute approximate surface area is 155 Å². The zero-order valence-electron chi connectivity index (χ0n) is 15.4. The lowest BCUT2D eigenvalue weighted by molar-refractivity contribution is -0.712. The average Bonchev–Trinajstić information content (AvgIpc) is 2.68. The van der Waals surface area contributed by atoms with Gasteiger partial charge in [0.25, 0.3) is 5.91 Å². The number of aromatic nitrogens is 1. The van der Waals surface area contributed by atoms with Crippen molar-refractivity contribution in [1.29, 1.82) is 0 Å². The summed E-state index contributed by atoms with van der Waals surface area (Å²) in [5.41, 5.74) is 3.35. The molecule has 0 saturated carbocycles. The van der Waals surface area contributed by atoms with E-state index >= 15 is 0 Å². The van der Waals surface area contributed by atoms with Crippen LogP contribution in [0.5, 0.6) is 0 Å². The Morgan fingerprint density at radius 3 is 1.85 bits per heavy atom. The highest BCUT2D eigenvalue weighted by Crippen LogP contribution is 2.14. The van der Waals surface area contributed by atoms with Crippen molar-refractivity contribution in [3.05, 3.63) is 102 Å². The zero-order valence-corrected chi connectivity index (χ0v) is 15.4. The van der Waals surface area contributed by atoms with Crippen molar-refractivity contribution in [2.75, 3.05) is 0 Å². The van der Waals surface area contributed by atoms with Gasteiger partial charge in [-0.3, -0.25) is 4.79 Å². The minimum atomic E-state index is -0.247. The third-order valence-corrected chi connectivity index (χ3v) is 4.62. The Morgan fingerprint density at radius 1 is 0.846 bits per heavy atom. The van der Waals surface area contributed by atoms with Crippen LogP contribution in [0.25, 0.3) is 0 Å². The fraction of sp³-hybridized carbons (Fsp3) is 0.217. The van der Waals surface area contributed by atoms with E-state index in [1.165, 1.54) is 0 Å². The van der Waals surface area contributed by atoms with Gasteiger partial charge in [-0.25, -0.2) is 0 Å². The second-order valence-electron chi connectivity index (χ2n) is 6.59. The maximum Gasteiger partial charge on any atom is 0.291 e. The summed E-state index contributed by atoms with van der Waals surface area (Å²) in [7, 11) is 0. The quantitative estimate of drug-likeness (QED) is 0.618. The number of carbonyl (C=O) groups is 1. The van der Waals surface area contributed by atoms with Gasteiger partial charge in [0, 0.05) is 39.1 Å². The lowest BCUT2D eigenvalue weighted by Crippen LogP contribution is -2.49. The second-order valence-corrected chi connectivity index (χ2v) is 6.59. The monoisotopic (exact) mass is 345 g/mol. The molecule has 3 nitrogen and oxygen atoms in total. The van der Waals surface area contributed by atoms with E-state index in [1.807, 2.05) is 84.1 Å². The van der Waals surface area contributed by atoms with Crippen LogP contribution in [-0.4, -0.2) is 10.8 Å². The molecule has 0 unspecified atom stereocenters. The summed E-state index contributed by atoms with van der Waals surface area (Å²) in [5.74, 6) is 0.122. The fourth-order valence-electron chi connectivity index (χ4n) is 3.18. The molecule has 0 aliphatic rings. The van der Waals surface area contributed by atoms with Crippen LogP contribution in [0.1, 0.15) is 29.8 Å². The summed E-state index contributed by atoms with van der Waals surface area (Å²) >= 11 is 0. The SMILES string of the molecule is Cc1cccc[n+]1[C@@H](C)C(=O)N(Cc1ccccc1)Cc1ccccc1. The van der Waals surface area contributed by atoms with Crippen LogP contribution in [-0.2, 0) is 17.9 Å². The van der Waals surface area contributed by atoms with E-state index < -0.39 is 0 Å². The summed E-state index contributed by atoms with van der Waals surface area (Å²) in [5, 5.41) is 0. The van der Waals surface area contributed by atoms with Gasteiger partial charge in [0.2, 0.25) is 6.04 Å². The minimum absolute atomic E-state index is 0.122. The minimum Gasteiger partial charge on any atom is -0.328 e. The third kappa shape index (κ3) is 4.37. The molecule has 0 fully saturated rings. The molecule has 0 aliphatic carbocycles. The summed E-state index contributed by atoms with van der Waals surface area (Å²) < 4.78 is 2.03. The zero-order chi connectivity index (χ0) is 18.4. The van der Waals surface area contributed by atoms with E-state index in [4.69, 9.17) is 0 Å². The van der Waals surface area contributed by atoms with E-state index in [2.05, 4.69) is 24.3 Å². The molecule has 0 saturated heterocycles. The molecule has 0 N–H and O–H groups in total. The van der Waals surface area contributed by atoms with Crippen LogP contribution in [0.4, 0.5) is 0 Å². The Hall–Kier alpha value is -2.94. The number of carbonyl (C=O) groups excluding carboxylic acids is 1. The standard InChI is InChI=1S/C23H25N2O/c1-19-11-9-10-16-25(19)20(2)23(26)24(17-21-12-5-3-6-13-21)18-22-14-7-4-8-15-22/h3-16,20H,17-18H2,1-2H3/q+1/t20-/m0/s1. The van der Waals surface area contributed by atoms with Crippen molar-refractivity contribution in [3.8, 4) is 0 Å². The average molecular weight is 345 g/mol. The molecular weight excluding hydrogens is 320 g/mol. The van der Waals surface area contributed by atoms with E-state index in [-0.39, 0.29) is 11.9 Å². The van der Waals surface area contributed by atoms with Gasteiger partial charge in [-0.15, -0.1) is 0 Å². The molecule has 132 valence electrons. The van der Waals surface area contributed by atoms with Gasteiger partial charge < -0.3 is 4.90 Å². The second kappa shape index (κ2) is 8.43. The molecular formula is C23H25N2O+. The Balaban J connectivity index is 1.86. The lowest BCUT2D eigenvalue weighted by atomic mass is 10.1. The number of rotatable bonds is 6. The number of pyridine rings is 1. The molecule has 3 aromatic rings. The number of amides is 1. The molecule has 26 heavy (non-hydrogen) atoms. The fourth-order valence-corrected chi connectivity index (χ4v) is 3.18. The topological polar surface area (TPSA) is 24.2 Å². The Bertz CT molecular complexity index is 805. The summed E-state index contributed by atoms with van der Waals surface area (Å²) in [4.78, 5) is 15.2. The van der Waals surface area contributed by atoms with Crippen molar-refractivity contribution in [2.45, 2.75) is 33.0 Å². The van der Waals surface area contributed by atoms with Crippen molar-refractivity contribution in [1.82, 2.24) is 4.90 Å². The first-order valence-corrected chi connectivity index (χ1v) is 8.98. The number of hydrogen-bond donors (Lipinski definition) is 0. The molecule has 1 atom stereocenters. The highest BCUT2D eigenvalue weighted by Gasteiger charge is 2.28. The van der Waals surface area contributed by atoms with Crippen LogP contribution < -0.4 is 4.57 Å². The van der Waals surface area contributed by atoms with Gasteiger partial charge in [0.15, 0.2) is 11.9 Å². The van der Waals surface area contributed by atoms with Crippen LogP contribution in [0.15, 0.2) is 85.1 Å². The molecule has 0 bridgehead atoms. The number of hydrogen-bond acceptors (Lipinski definition) is 1.